The molecular weight excluding hydrogens is 681 g/mol. The molecule has 2 aliphatic rings. The number of nitrogens with zero attached hydrogens (tertiary/aromatic N) is 4. The number of hydrogen-bond acceptors (Lipinski definition) is 8. The summed E-state index contributed by atoms with van der Waals surface area (Å²) in [5.74, 6) is 0.0631. The minimum atomic E-state index is -0.957. The molecule has 5 aromatic rings. The first kappa shape index (κ1) is 33.7. The first-order valence-corrected chi connectivity index (χ1v) is 17.0. The largest absolute Gasteiger partial charge is 0.481 e. The highest BCUT2D eigenvalue weighted by Gasteiger charge is 2.50. The van der Waals surface area contributed by atoms with Crippen LogP contribution in [-0.4, -0.2) is 61.4 Å². The number of aromatic nitrogens is 4. The average Bonchev–Trinajstić information content (AvgIpc) is 3.62. The minimum Gasteiger partial charge on any atom is -0.481 e. The van der Waals surface area contributed by atoms with E-state index in [0.29, 0.717) is 93.1 Å². The maximum atomic E-state index is 13.3. The van der Waals surface area contributed by atoms with E-state index in [9.17, 15) is 19.5 Å². The van der Waals surface area contributed by atoms with Gasteiger partial charge in [-0.25, -0.2) is 9.50 Å². The van der Waals surface area contributed by atoms with Crippen molar-refractivity contribution >= 4 is 40.6 Å². The molecule has 3 aromatic heterocycles. The number of ether oxygens (including phenoxy) is 1. The van der Waals surface area contributed by atoms with Gasteiger partial charge in [0.15, 0.2) is 0 Å². The molecular formula is C36H35Cl2N7O5. The second-order valence-electron chi connectivity index (χ2n) is 12.7. The van der Waals surface area contributed by atoms with Crippen LogP contribution in [0.3, 0.4) is 0 Å². The summed E-state index contributed by atoms with van der Waals surface area (Å²) in [6.07, 6.45) is 4.18. The molecule has 14 heteroatoms. The van der Waals surface area contributed by atoms with Crippen molar-refractivity contribution in [3.05, 3.63) is 92.6 Å². The molecule has 0 unspecified atom stereocenters. The van der Waals surface area contributed by atoms with E-state index in [1.165, 1.54) is 9.08 Å². The molecule has 7 rings (SSSR count). The van der Waals surface area contributed by atoms with Gasteiger partial charge in [0.05, 0.1) is 29.4 Å². The van der Waals surface area contributed by atoms with Crippen LogP contribution in [0.25, 0.3) is 39.0 Å². The third-order valence-electron chi connectivity index (χ3n) is 9.48. The van der Waals surface area contributed by atoms with E-state index in [0.717, 1.165) is 12.0 Å². The molecule has 1 aliphatic carbocycles. The molecule has 1 saturated carbocycles. The van der Waals surface area contributed by atoms with Crippen molar-refractivity contribution in [1.82, 2.24) is 35.1 Å². The zero-order valence-electron chi connectivity index (χ0n) is 27.4. The van der Waals surface area contributed by atoms with Crippen molar-refractivity contribution in [2.45, 2.75) is 50.4 Å². The number of methoxy groups -OCH3 is 1. The summed E-state index contributed by atoms with van der Waals surface area (Å²) >= 11 is 14.2. The van der Waals surface area contributed by atoms with Crippen LogP contribution in [-0.2, 0) is 29.7 Å². The summed E-state index contributed by atoms with van der Waals surface area (Å²) in [6, 6.07) is 17.0. The smallest absolute Gasteiger partial charge is 0.323 e. The molecule has 2 aromatic carbocycles. The Kier molecular flexibility index (Phi) is 9.12. The third-order valence-corrected chi connectivity index (χ3v) is 10.3. The molecule has 1 atom stereocenters. The molecule has 4 N–H and O–H groups in total. The number of carboxylic acid groups (broad SMARTS) is 1. The van der Waals surface area contributed by atoms with Crippen molar-refractivity contribution in [2.75, 3.05) is 13.7 Å². The van der Waals surface area contributed by atoms with E-state index in [-0.39, 0.29) is 24.1 Å². The maximum Gasteiger partial charge on any atom is 0.323 e. The molecule has 4 heterocycles. The molecule has 50 heavy (non-hydrogen) atoms. The van der Waals surface area contributed by atoms with Gasteiger partial charge in [0.2, 0.25) is 11.8 Å². The predicted molar refractivity (Wildman–Crippen MR) is 190 cm³/mol. The number of amides is 1. The number of carbonyl (C=O) groups is 2. The normalized spacial score (nSPS) is 16.5. The summed E-state index contributed by atoms with van der Waals surface area (Å²) < 4.78 is 8.57. The lowest BCUT2D eigenvalue weighted by Crippen LogP contribution is -2.40. The number of hydrogen-bond donors (Lipinski definition) is 4. The summed E-state index contributed by atoms with van der Waals surface area (Å²) in [6.45, 7) is 1.32. The summed E-state index contributed by atoms with van der Waals surface area (Å²) in [7, 11) is 3.20. The van der Waals surface area contributed by atoms with Gasteiger partial charge in [0.1, 0.15) is 16.9 Å². The van der Waals surface area contributed by atoms with E-state index < -0.39 is 11.5 Å². The van der Waals surface area contributed by atoms with Crippen LogP contribution in [0.1, 0.15) is 37.1 Å². The first-order chi connectivity index (χ1) is 24.1. The number of rotatable bonds is 12. The lowest BCUT2D eigenvalue weighted by molar-refractivity contribution is -0.140. The fourth-order valence-electron chi connectivity index (χ4n) is 6.36. The molecule has 1 amide bonds. The first-order valence-electron chi connectivity index (χ1n) is 16.3. The van der Waals surface area contributed by atoms with Gasteiger partial charge in [0.25, 0.3) is 5.56 Å². The highest BCUT2D eigenvalue weighted by atomic mass is 35.5. The highest BCUT2D eigenvalue weighted by Crippen LogP contribution is 2.42. The number of halogens is 2. The fraction of sp³-hybridized carbons (Fsp3) is 0.306. The number of pyridine rings is 1. The van der Waals surface area contributed by atoms with Gasteiger partial charge in [-0.1, -0.05) is 65.7 Å². The Balaban J connectivity index is 1.16. The Morgan fingerprint density at radius 3 is 2.40 bits per heavy atom. The second kappa shape index (κ2) is 13.5. The van der Waals surface area contributed by atoms with Crippen LogP contribution in [0.4, 0.5) is 0 Å². The second-order valence-corrected chi connectivity index (χ2v) is 13.5. The summed E-state index contributed by atoms with van der Waals surface area (Å²) in [5.41, 5.74) is 4.14. The zero-order valence-corrected chi connectivity index (χ0v) is 28.9. The summed E-state index contributed by atoms with van der Waals surface area (Å²) in [4.78, 5) is 41.2. The summed E-state index contributed by atoms with van der Waals surface area (Å²) in [5, 5.41) is 24.4. The van der Waals surface area contributed by atoms with Gasteiger partial charge in [-0.3, -0.25) is 24.3 Å². The van der Waals surface area contributed by atoms with E-state index in [2.05, 4.69) is 21.0 Å². The van der Waals surface area contributed by atoms with Gasteiger partial charge in [-0.2, -0.15) is 5.10 Å². The Hall–Kier alpha value is -4.75. The Morgan fingerprint density at radius 1 is 1.04 bits per heavy atom. The molecule has 12 nitrogen and oxygen atoms in total. The van der Waals surface area contributed by atoms with E-state index in [1.807, 2.05) is 48.5 Å². The molecule has 1 aliphatic heterocycles. The van der Waals surface area contributed by atoms with E-state index in [1.54, 1.807) is 26.4 Å². The monoisotopic (exact) mass is 715 g/mol. The number of nitrogens with one attached hydrogen (secondary N) is 3. The third kappa shape index (κ3) is 6.35. The van der Waals surface area contributed by atoms with Crippen LogP contribution in [0.15, 0.2) is 65.6 Å². The molecule has 0 bridgehead atoms. The standard InChI is InChI=1S/C36H35Cl2N7O5/c1-44-29(18-40-36(13-14-36)35(48)49)43-45-19-21(15-28(45)34(44)47)23-5-3-6-24(31(23)37)25-7-4-8-26(32(25)38)27-11-9-20(33(42-27)50-2)16-39-17-22-10-12-30(46)41-22/h3-9,11,15,19,22,39-40H,10,12-14,16-18H2,1-2H3,(H,41,46)(H,48,49)/t22-/m0/s1. The van der Waals surface area contributed by atoms with Crippen LogP contribution in [0.2, 0.25) is 10.0 Å². The lowest BCUT2D eigenvalue weighted by atomic mass is 9.97. The maximum absolute atomic E-state index is 13.3. The number of aliphatic carboxylic acids is 1. The van der Waals surface area contributed by atoms with Crippen LogP contribution < -0.4 is 26.2 Å². The number of carbonyl (C=O) groups excluding carboxylic acids is 1. The lowest BCUT2D eigenvalue weighted by Gasteiger charge is -2.15. The van der Waals surface area contributed by atoms with E-state index >= 15 is 0 Å². The van der Waals surface area contributed by atoms with E-state index in [4.69, 9.17) is 32.9 Å². The molecule has 0 spiro atoms. The van der Waals surface area contributed by atoms with Gasteiger partial charge >= 0.3 is 5.97 Å². The minimum absolute atomic E-state index is 0.0841. The topological polar surface area (TPSA) is 152 Å². The van der Waals surface area contributed by atoms with Crippen LogP contribution in [0, 0.1) is 0 Å². The molecule has 258 valence electrons. The van der Waals surface area contributed by atoms with Crippen molar-refractivity contribution < 1.29 is 19.4 Å². The van der Waals surface area contributed by atoms with Gasteiger partial charge in [-0.15, -0.1) is 0 Å². The van der Waals surface area contributed by atoms with Crippen molar-refractivity contribution in [3.8, 4) is 39.4 Å². The Bertz CT molecular complexity index is 2210. The van der Waals surface area contributed by atoms with Crippen molar-refractivity contribution in [2.24, 2.45) is 7.05 Å². The molecule has 0 radical (unpaired) electrons. The number of benzene rings is 2. The van der Waals surface area contributed by atoms with Crippen LogP contribution in [0.5, 0.6) is 5.88 Å². The SMILES string of the molecule is COc1nc(-c2cccc(-c3cccc(-c4cc5c(=O)n(C)c(CNC6(C(=O)O)CC6)nn5c4)c3Cl)c2Cl)ccc1CNC[C@@H]1CCC(=O)N1. The molecule has 1 saturated heterocycles. The van der Waals surface area contributed by atoms with Crippen molar-refractivity contribution in [1.29, 1.82) is 0 Å². The fourth-order valence-corrected chi connectivity index (χ4v) is 7.02. The van der Waals surface area contributed by atoms with Crippen LogP contribution >= 0.6 is 23.2 Å². The number of carboxylic acids is 1. The van der Waals surface area contributed by atoms with Crippen molar-refractivity contribution in [3.63, 3.8) is 0 Å². The average molecular weight is 717 g/mol. The van der Waals surface area contributed by atoms with Gasteiger partial charge in [0, 0.05) is 72.2 Å². The molecule has 2 fully saturated rings. The predicted octanol–water partition coefficient (Wildman–Crippen LogP) is 4.82. The quantitative estimate of drug-likeness (QED) is 0.143. The zero-order chi connectivity index (χ0) is 35.2. The number of fused-ring (bicyclic) bond motifs is 1. The Labute approximate surface area is 297 Å². The van der Waals surface area contributed by atoms with Gasteiger partial charge < -0.3 is 20.5 Å². The highest BCUT2D eigenvalue weighted by molar-refractivity contribution is 6.39. The Morgan fingerprint density at radius 2 is 1.74 bits per heavy atom. The van der Waals surface area contributed by atoms with Gasteiger partial charge in [-0.05, 0) is 31.4 Å².